The molecule has 0 aromatic rings. The highest BCUT2D eigenvalue weighted by atomic mass is 16.6. The smallest absolute Gasteiger partial charge is 0.378 e. The third kappa shape index (κ3) is 6.29. The van der Waals surface area contributed by atoms with Crippen molar-refractivity contribution in [3.05, 3.63) is 0 Å². The van der Waals surface area contributed by atoms with E-state index in [-0.39, 0.29) is 24.0 Å². The van der Waals surface area contributed by atoms with E-state index in [9.17, 15) is 19.5 Å². The highest BCUT2D eigenvalue weighted by Gasteiger charge is 2.40. The van der Waals surface area contributed by atoms with Gasteiger partial charge in [0.25, 0.3) is 5.78 Å². The Morgan fingerprint density at radius 1 is 0.767 bits per heavy atom. The zero-order valence-electron chi connectivity index (χ0n) is 19.4. The summed E-state index contributed by atoms with van der Waals surface area (Å²) in [7, 11) is 0. The Balaban J connectivity index is 1.97. The molecule has 0 aliphatic heterocycles. The summed E-state index contributed by atoms with van der Waals surface area (Å²) >= 11 is 0. The molecule has 0 aromatic carbocycles. The molecule has 0 saturated heterocycles. The van der Waals surface area contributed by atoms with E-state index >= 15 is 0 Å². The van der Waals surface area contributed by atoms with Crippen molar-refractivity contribution in [1.29, 1.82) is 0 Å². The molecule has 0 heterocycles. The fourth-order valence-corrected chi connectivity index (χ4v) is 5.13. The first-order valence-corrected chi connectivity index (χ1v) is 11.6. The Hall–Kier alpha value is -1.43. The maximum absolute atomic E-state index is 12.4. The largest absolute Gasteiger partial charge is 0.460 e. The minimum absolute atomic E-state index is 0.178. The van der Waals surface area contributed by atoms with Gasteiger partial charge in [-0.05, 0) is 61.2 Å². The molecule has 0 aromatic heterocycles. The minimum atomic E-state index is -2.12. The number of carbonyl (C=O) groups is 3. The molecular weight excluding hydrogens is 384 g/mol. The molecule has 7 atom stereocenters. The molecule has 2 rings (SSSR count). The number of esters is 2. The Kier molecular flexibility index (Phi) is 8.89. The lowest BCUT2D eigenvalue weighted by molar-refractivity contribution is -0.176. The highest BCUT2D eigenvalue weighted by Crippen LogP contribution is 2.36. The third-order valence-electron chi connectivity index (χ3n) is 7.12. The molecule has 6 nitrogen and oxygen atoms in total. The second-order valence-electron chi connectivity index (χ2n) is 10.3. The zero-order chi connectivity index (χ0) is 22.6. The van der Waals surface area contributed by atoms with E-state index in [1.54, 1.807) is 0 Å². The van der Waals surface area contributed by atoms with Gasteiger partial charge in [-0.15, -0.1) is 0 Å². The Morgan fingerprint density at radius 2 is 1.20 bits per heavy atom. The second kappa shape index (κ2) is 10.7. The van der Waals surface area contributed by atoms with Gasteiger partial charge >= 0.3 is 11.9 Å². The summed E-state index contributed by atoms with van der Waals surface area (Å²) in [5.74, 6) is -1.57. The van der Waals surface area contributed by atoms with Crippen molar-refractivity contribution in [2.45, 2.75) is 98.4 Å². The number of ether oxygens (including phenoxy) is 2. The topological polar surface area (TPSA) is 89.9 Å². The third-order valence-corrected chi connectivity index (χ3v) is 7.12. The fourth-order valence-electron chi connectivity index (χ4n) is 5.13. The van der Waals surface area contributed by atoms with E-state index in [2.05, 4.69) is 41.5 Å². The van der Waals surface area contributed by atoms with E-state index in [1.807, 2.05) is 0 Å². The van der Waals surface area contributed by atoms with Gasteiger partial charge in [0.2, 0.25) is 6.10 Å². The number of hydrogen-bond acceptors (Lipinski definition) is 6. The van der Waals surface area contributed by atoms with Crippen LogP contribution in [0.25, 0.3) is 0 Å². The first kappa shape index (κ1) is 24.8. The van der Waals surface area contributed by atoms with E-state index in [0.717, 1.165) is 25.7 Å². The molecule has 2 fully saturated rings. The molecular formula is C24H40O6. The SMILES string of the molecule is CC(C)[C@H]1CC[C@H](C)CC1OC(=O)C(O)C(=O)C(=O)O[C@H]1C[C@@H](C)CC[C@@H]1C(C)C. The van der Waals surface area contributed by atoms with Crippen molar-refractivity contribution in [3.8, 4) is 0 Å². The maximum atomic E-state index is 12.4. The summed E-state index contributed by atoms with van der Waals surface area (Å²) in [5.41, 5.74) is 0. The lowest BCUT2D eigenvalue weighted by atomic mass is 9.75. The van der Waals surface area contributed by atoms with Crippen LogP contribution in [0.1, 0.15) is 80.1 Å². The normalized spacial score (nSPS) is 33.2. The number of aliphatic hydroxyl groups excluding tert-OH is 1. The molecule has 2 saturated carbocycles. The van der Waals surface area contributed by atoms with Crippen LogP contribution in [0.2, 0.25) is 0 Å². The van der Waals surface area contributed by atoms with Crippen molar-refractivity contribution in [2.24, 2.45) is 35.5 Å². The van der Waals surface area contributed by atoms with Crippen LogP contribution in [0.5, 0.6) is 0 Å². The lowest BCUT2D eigenvalue weighted by Gasteiger charge is -2.37. The number of ketones is 1. The maximum Gasteiger partial charge on any atom is 0.378 e. The van der Waals surface area contributed by atoms with Gasteiger partial charge in [-0.2, -0.15) is 0 Å². The quantitative estimate of drug-likeness (QED) is 0.378. The van der Waals surface area contributed by atoms with E-state index in [1.165, 1.54) is 0 Å². The standard InChI is InChI=1S/C24H40O6/c1-13(2)17-9-7-15(5)11-19(17)29-23(27)21(25)22(26)24(28)30-20-12-16(6)8-10-18(20)14(3)4/h13-21,25H,7-12H2,1-6H3/t15-,16-,17+,18+,19?,20-,21?/m0/s1. The number of hydrogen-bond donors (Lipinski definition) is 1. The van der Waals surface area contributed by atoms with Crippen LogP contribution in [-0.2, 0) is 23.9 Å². The van der Waals surface area contributed by atoms with Gasteiger partial charge in [0.1, 0.15) is 12.2 Å². The number of rotatable bonds is 7. The zero-order valence-corrected chi connectivity index (χ0v) is 19.4. The summed E-state index contributed by atoms with van der Waals surface area (Å²) in [5, 5.41) is 10.2. The van der Waals surface area contributed by atoms with Crippen molar-refractivity contribution < 1.29 is 29.0 Å². The van der Waals surface area contributed by atoms with E-state index in [4.69, 9.17) is 9.47 Å². The molecule has 2 aliphatic carbocycles. The van der Waals surface area contributed by atoms with Crippen LogP contribution in [-0.4, -0.2) is 41.1 Å². The molecule has 2 unspecified atom stereocenters. The minimum Gasteiger partial charge on any atom is -0.460 e. The number of carbonyl (C=O) groups excluding carboxylic acids is 3. The number of aliphatic hydroxyl groups is 1. The Bertz CT molecular complexity index is 613. The van der Waals surface area contributed by atoms with Gasteiger partial charge in [-0.1, -0.05) is 54.4 Å². The van der Waals surface area contributed by atoms with Crippen LogP contribution >= 0.6 is 0 Å². The summed E-state index contributed by atoms with van der Waals surface area (Å²) < 4.78 is 11.0. The van der Waals surface area contributed by atoms with Crippen LogP contribution in [0.3, 0.4) is 0 Å². The first-order valence-electron chi connectivity index (χ1n) is 11.6. The molecule has 0 bridgehead atoms. The van der Waals surface area contributed by atoms with Gasteiger partial charge in [-0.25, -0.2) is 9.59 Å². The molecule has 1 N–H and O–H groups in total. The average molecular weight is 425 g/mol. The summed E-state index contributed by atoms with van der Waals surface area (Å²) in [6, 6.07) is 0. The average Bonchev–Trinajstić information content (AvgIpc) is 2.66. The monoisotopic (exact) mass is 424 g/mol. The highest BCUT2D eigenvalue weighted by molar-refractivity contribution is 6.39. The van der Waals surface area contributed by atoms with Crippen LogP contribution in [0.15, 0.2) is 0 Å². The molecule has 0 spiro atoms. The van der Waals surface area contributed by atoms with Gasteiger partial charge in [0, 0.05) is 0 Å². The van der Waals surface area contributed by atoms with Crippen molar-refractivity contribution in [3.63, 3.8) is 0 Å². The van der Waals surface area contributed by atoms with Gasteiger partial charge in [0.15, 0.2) is 0 Å². The van der Waals surface area contributed by atoms with Crippen molar-refractivity contribution in [2.75, 3.05) is 0 Å². The van der Waals surface area contributed by atoms with Gasteiger partial charge < -0.3 is 14.6 Å². The van der Waals surface area contributed by atoms with Gasteiger partial charge in [-0.3, -0.25) is 4.79 Å². The van der Waals surface area contributed by atoms with Crippen LogP contribution in [0, 0.1) is 35.5 Å². The number of Topliss-reactive ketones (excluding diaryl/α,β-unsaturated/α-hetero) is 1. The summed E-state index contributed by atoms with van der Waals surface area (Å²) in [6.45, 7) is 12.5. The Morgan fingerprint density at radius 3 is 1.63 bits per heavy atom. The molecule has 172 valence electrons. The molecule has 0 amide bonds. The predicted octanol–water partition coefficient (Wildman–Crippen LogP) is 3.92. The summed E-state index contributed by atoms with van der Waals surface area (Å²) in [6.07, 6.45) is 2.58. The van der Waals surface area contributed by atoms with Crippen LogP contribution in [0.4, 0.5) is 0 Å². The molecule has 6 heteroatoms. The molecule has 30 heavy (non-hydrogen) atoms. The second-order valence-corrected chi connectivity index (χ2v) is 10.3. The first-order chi connectivity index (χ1) is 14.0. The van der Waals surface area contributed by atoms with E-state index < -0.39 is 23.8 Å². The van der Waals surface area contributed by atoms with Crippen LogP contribution < -0.4 is 0 Å². The van der Waals surface area contributed by atoms with Gasteiger partial charge in [0.05, 0.1) is 0 Å². The molecule has 2 aliphatic rings. The van der Waals surface area contributed by atoms with Crippen molar-refractivity contribution in [1.82, 2.24) is 0 Å². The fraction of sp³-hybridized carbons (Fsp3) is 0.875. The lowest BCUT2D eigenvalue weighted by Crippen LogP contribution is -2.44. The Labute approximate surface area is 181 Å². The summed E-state index contributed by atoms with van der Waals surface area (Å²) in [4.78, 5) is 37.3. The van der Waals surface area contributed by atoms with Crippen molar-refractivity contribution >= 4 is 17.7 Å². The predicted molar refractivity (Wildman–Crippen MR) is 113 cm³/mol. The van der Waals surface area contributed by atoms with E-state index in [0.29, 0.717) is 36.5 Å². The molecule has 0 radical (unpaired) electrons.